The highest BCUT2D eigenvalue weighted by Crippen LogP contribution is 2.42. The SMILES string of the molecule is NCCc1ccc(CC2(F)CC2)cc1. The summed E-state index contributed by atoms with van der Waals surface area (Å²) in [5.74, 6) is 0. The van der Waals surface area contributed by atoms with Crippen LogP contribution in [0.3, 0.4) is 0 Å². The van der Waals surface area contributed by atoms with Crippen LogP contribution in [-0.2, 0) is 12.8 Å². The zero-order valence-electron chi connectivity index (χ0n) is 8.30. The van der Waals surface area contributed by atoms with Gasteiger partial charge in [-0.15, -0.1) is 0 Å². The highest BCUT2D eigenvalue weighted by Gasteiger charge is 2.42. The molecule has 0 saturated heterocycles. The van der Waals surface area contributed by atoms with E-state index in [0.717, 1.165) is 24.8 Å². The van der Waals surface area contributed by atoms with Gasteiger partial charge in [0.1, 0.15) is 5.67 Å². The minimum absolute atomic E-state index is 0.579. The second-order valence-electron chi connectivity index (χ2n) is 4.18. The maximum Gasteiger partial charge on any atom is 0.115 e. The molecule has 1 aliphatic carbocycles. The van der Waals surface area contributed by atoms with Gasteiger partial charge in [-0.25, -0.2) is 4.39 Å². The van der Waals surface area contributed by atoms with E-state index in [1.165, 1.54) is 5.56 Å². The molecule has 0 unspecified atom stereocenters. The van der Waals surface area contributed by atoms with Gasteiger partial charge in [-0.05, 0) is 36.9 Å². The van der Waals surface area contributed by atoms with Crippen molar-refractivity contribution in [2.24, 2.45) is 5.73 Å². The Hall–Kier alpha value is -0.890. The normalized spacial score (nSPS) is 18.1. The third-order valence-electron chi connectivity index (χ3n) is 2.77. The minimum atomic E-state index is -0.880. The van der Waals surface area contributed by atoms with Crippen molar-refractivity contribution in [3.8, 4) is 0 Å². The van der Waals surface area contributed by atoms with Gasteiger partial charge in [0.15, 0.2) is 0 Å². The summed E-state index contributed by atoms with van der Waals surface area (Å²) in [6, 6.07) is 8.14. The van der Waals surface area contributed by atoms with Gasteiger partial charge in [0.25, 0.3) is 0 Å². The second kappa shape index (κ2) is 3.70. The molecule has 0 atom stereocenters. The molecule has 0 aliphatic heterocycles. The zero-order chi connectivity index (χ0) is 10.0. The van der Waals surface area contributed by atoms with Crippen LogP contribution in [0.1, 0.15) is 24.0 Å². The largest absolute Gasteiger partial charge is 0.330 e. The summed E-state index contributed by atoms with van der Waals surface area (Å²) >= 11 is 0. The number of hydrogen-bond acceptors (Lipinski definition) is 1. The fourth-order valence-electron chi connectivity index (χ4n) is 1.67. The Morgan fingerprint density at radius 1 is 1.14 bits per heavy atom. The van der Waals surface area contributed by atoms with Crippen molar-refractivity contribution in [3.05, 3.63) is 35.4 Å². The molecule has 0 spiro atoms. The summed E-state index contributed by atoms with van der Waals surface area (Å²) in [6.07, 6.45) is 2.95. The summed E-state index contributed by atoms with van der Waals surface area (Å²) < 4.78 is 13.4. The van der Waals surface area contributed by atoms with Crippen molar-refractivity contribution >= 4 is 0 Å². The Morgan fingerprint density at radius 2 is 1.71 bits per heavy atom. The van der Waals surface area contributed by atoms with Gasteiger partial charge >= 0.3 is 0 Å². The standard InChI is InChI=1S/C12H16FN/c13-12(6-7-12)9-11-3-1-10(2-4-11)5-8-14/h1-4H,5-9,14H2. The van der Waals surface area contributed by atoms with Crippen LogP contribution in [0.25, 0.3) is 0 Å². The van der Waals surface area contributed by atoms with Crippen LogP contribution in [0.2, 0.25) is 0 Å². The first kappa shape index (κ1) is 9.66. The number of hydrogen-bond donors (Lipinski definition) is 1. The Labute approximate surface area is 84.1 Å². The number of rotatable bonds is 4. The first-order chi connectivity index (χ1) is 6.72. The van der Waals surface area contributed by atoms with Gasteiger partial charge in [-0.2, -0.15) is 0 Å². The first-order valence-electron chi connectivity index (χ1n) is 5.19. The van der Waals surface area contributed by atoms with Gasteiger partial charge in [-0.1, -0.05) is 24.3 Å². The maximum absolute atomic E-state index is 13.4. The average Bonchev–Trinajstić information content (AvgIpc) is 2.88. The Morgan fingerprint density at radius 3 is 2.21 bits per heavy atom. The molecular formula is C12H16FN. The molecular weight excluding hydrogens is 177 g/mol. The van der Waals surface area contributed by atoms with Crippen molar-refractivity contribution in [3.63, 3.8) is 0 Å². The number of halogens is 1. The van der Waals surface area contributed by atoms with Crippen LogP contribution in [-0.4, -0.2) is 12.2 Å². The quantitative estimate of drug-likeness (QED) is 0.779. The molecule has 2 N–H and O–H groups in total. The van der Waals surface area contributed by atoms with E-state index < -0.39 is 5.67 Å². The third kappa shape index (κ3) is 2.32. The minimum Gasteiger partial charge on any atom is -0.330 e. The molecule has 0 bridgehead atoms. The molecule has 1 aromatic rings. The maximum atomic E-state index is 13.4. The summed E-state index contributed by atoms with van der Waals surface area (Å²) in [4.78, 5) is 0. The van der Waals surface area contributed by atoms with Crippen LogP contribution in [0.5, 0.6) is 0 Å². The Balaban J connectivity index is 1.99. The van der Waals surface area contributed by atoms with E-state index in [2.05, 4.69) is 0 Å². The lowest BCUT2D eigenvalue weighted by atomic mass is 10.0. The fourth-order valence-corrected chi connectivity index (χ4v) is 1.67. The predicted octanol–water partition coefficient (Wildman–Crippen LogP) is 2.23. The van der Waals surface area contributed by atoms with Crippen molar-refractivity contribution in [1.29, 1.82) is 0 Å². The lowest BCUT2D eigenvalue weighted by molar-refractivity contribution is 0.308. The molecule has 0 heterocycles. The summed E-state index contributed by atoms with van der Waals surface area (Å²) in [5.41, 5.74) is 6.91. The smallest absolute Gasteiger partial charge is 0.115 e. The van der Waals surface area contributed by atoms with Crippen LogP contribution in [0.15, 0.2) is 24.3 Å². The van der Waals surface area contributed by atoms with Crippen molar-refractivity contribution in [2.75, 3.05) is 6.54 Å². The van der Waals surface area contributed by atoms with Gasteiger partial charge in [-0.3, -0.25) is 0 Å². The molecule has 0 aromatic heterocycles. The lowest BCUT2D eigenvalue weighted by Crippen LogP contribution is -2.05. The fraction of sp³-hybridized carbons (Fsp3) is 0.500. The third-order valence-corrected chi connectivity index (χ3v) is 2.77. The van der Waals surface area contributed by atoms with E-state index in [1.807, 2.05) is 24.3 Å². The highest BCUT2D eigenvalue weighted by atomic mass is 19.1. The van der Waals surface area contributed by atoms with E-state index in [1.54, 1.807) is 0 Å². The molecule has 1 aliphatic rings. The van der Waals surface area contributed by atoms with Crippen molar-refractivity contribution < 1.29 is 4.39 Å². The van der Waals surface area contributed by atoms with Crippen molar-refractivity contribution in [2.45, 2.75) is 31.4 Å². The van der Waals surface area contributed by atoms with Gasteiger partial charge < -0.3 is 5.73 Å². The Bertz CT molecular complexity index is 301. The number of nitrogens with two attached hydrogens (primary N) is 1. The molecule has 0 amide bonds. The van der Waals surface area contributed by atoms with Gasteiger partial charge in [0.05, 0.1) is 0 Å². The molecule has 1 saturated carbocycles. The lowest BCUT2D eigenvalue weighted by Gasteiger charge is -2.05. The summed E-state index contributed by atoms with van der Waals surface area (Å²) in [7, 11) is 0. The van der Waals surface area contributed by atoms with Gasteiger partial charge in [0, 0.05) is 6.42 Å². The van der Waals surface area contributed by atoms with Crippen LogP contribution >= 0.6 is 0 Å². The summed E-state index contributed by atoms with van der Waals surface area (Å²) in [5, 5.41) is 0. The molecule has 2 heteroatoms. The molecule has 76 valence electrons. The number of benzene rings is 1. The van der Waals surface area contributed by atoms with Crippen molar-refractivity contribution in [1.82, 2.24) is 0 Å². The first-order valence-corrected chi connectivity index (χ1v) is 5.19. The molecule has 14 heavy (non-hydrogen) atoms. The van der Waals surface area contributed by atoms with E-state index in [-0.39, 0.29) is 0 Å². The van der Waals surface area contributed by atoms with E-state index >= 15 is 0 Å². The zero-order valence-corrected chi connectivity index (χ0v) is 8.30. The highest BCUT2D eigenvalue weighted by molar-refractivity contribution is 5.25. The molecule has 1 nitrogen and oxygen atoms in total. The van der Waals surface area contributed by atoms with E-state index in [4.69, 9.17) is 5.73 Å². The molecule has 1 fully saturated rings. The molecule has 1 aromatic carbocycles. The van der Waals surface area contributed by atoms with Crippen LogP contribution in [0, 0.1) is 0 Å². The number of alkyl halides is 1. The van der Waals surface area contributed by atoms with Crippen LogP contribution < -0.4 is 5.73 Å². The Kier molecular flexibility index (Phi) is 2.55. The summed E-state index contributed by atoms with van der Waals surface area (Å²) in [6.45, 7) is 0.673. The second-order valence-corrected chi connectivity index (χ2v) is 4.18. The predicted molar refractivity (Wildman–Crippen MR) is 56.0 cm³/mol. The monoisotopic (exact) mass is 193 g/mol. The molecule has 2 rings (SSSR count). The molecule has 0 radical (unpaired) electrons. The average molecular weight is 193 g/mol. The van der Waals surface area contributed by atoms with Gasteiger partial charge in [0.2, 0.25) is 0 Å². The topological polar surface area (TPSA) is 26.0 Å². The van der Waals surface area contributed by atoms with E-state index in [9.17, 15) is 4.39 Å². The van der Waals surface area contributed by atoms with E-state index in [0.29, 0.717) is 13.0 Å². The van der Waals surface area contributed by atoms with Crippen LogP contribution in [0.4, 0.5) is 4.39 Å².